The fraction of sp³-hybridized carbons (Fsp3) is 1.00. The van der Waals surface area contributed by atoms with E-state index in [4.69, 9.17) is 5.73 Å². The largest absolute Gasteiger partial charge is 0.390 e. The van der Waals surface area contributed by atoms with E-state index in [2.05, 4.69) is 11.8 Å². The first-order valence-corrected chi connectivity index (χ1v) is 7.11. The van der Waals surface area contributed by atoms with E-state index in [9.17, 15) is 5.11 Å². The van der Waals surface area contributed by atoms with Crippen molar-refractivity contribution < 1.29 is 5.11 Å². The first kappa shape index (κ1) is 14.9. The molecule has 0 spiro atoms. The Bertz CT molecular complexity index is 217. The maximum absolute atomic E-state index is 9.88. The second-order valence-electron chi connectivity index (χ2n) is 6.19. The van der Waals surface area contributed by atoms with Gasteiger partial charge in [-0.05, 0) is 46.1 Å². The zero-order valence-corrected chi connectivity index (χ0v) is 11.8. The Morgan fingerprint density at radius 2 is 1.82 bits per heavy atom. The topological polar surface area (TPSA) is 49.5 Å². The summed E-state index contributed by atoms with van der Waals surface area (Å²) in [4.78, 5) is 2.54. The van der Waals surface area contributed by atoms with E-state index in [1.165, 1.54) is 25.7 Å². The molecule has 17 heavy (non-hydrogen) atoms. The molecular formula is C14H30N2O. The van der Waals surface area contributed by atoms with E-state index in [1.54, 1.807) is 0 Å². The van der Waals surface area contributed by atoms with E-state index in [0.29, 0.717) is 0 Å². The summed E-state index contributed by atoms with van der Waals surface area (Å²) in [5.41, 5.74) is 5.69. The number of hydrogen-bond donors (Lipinski definition) is 2. The Balaban J connectivity index is 2.63. The zero-order valence-electron chi connectivity index (χ0n) is 11.8. The Kier molecular flexibility index (Phi) is 5.42. The van der Waals surface area contributed by atoms with Crippen LogP contribution in [0.5, 0.6) is 0 Å². The maximum Gasteiger partial charge on any atom is 0.0603 e. The van der Waals surface area contributed by atoms with Gasteiger partial charge in [-0.15, -0.1) is 0 Å². The summed E-state index contributed by atoms with van der Waals surface area (Å²) < 4.78 is 0. The third kappa shape index (κ3) is 4.23. The van der Waals surface area contributed by atoms with E-state index >= 15 is 0 Å². The van der Waals surface area contributed by atoms with Gasteiger partial charge in [-0.25, -0.2) is 0 Å². The van der Waals surface area contributed by atoms with Gasteiger partial charge in [-0.3, -0.25) is 4.90 Å². The molecule has 1 aliphatic rings. The molecule has 0 amide bonds. The number of nitrogens with two attached hydrogens (primary N) is 1. The van der Waals surface area contributed by atoms with Crippen molar-refractivity contribution in [2.24, 2.45) is 5.73 Å². The number of aliphatic hydroxyl groups is 1. The van der Waals surface area contributed by atoms with Crippen LogP contribution in [0.4, 0.5) is 0 Å². The van der Waals surface area contributed by atoms with Crippen LogP contribution in [-0.2, 0) is 0 Å². The number of nitrogens with zero attached hydrogens (tertiary/aromatic N) is 1. The van der Waals surface area contributed by atoms with Crippen molar-refractivity contribution in [1.29, 1.82) is 0 Å². The molecule has 1 fully saturated rings. The standard InChI is InChI=1S/C14H30N2O/c1-4-10-16(11-9-13(2,3)17)14(12-15)7-5-6-8-14/h17H,4-12,15H2,1-3H3. The Hall–Kier alpha value is -0.120. The minimum Gasteiger partial charge on any atom is -0.390 e. The van der Waals surface area contributed by atoms with Gasteiger partial charge in [0, 0.05) is 18.6 Å². The quantitative estimate of drug-likeness (QED) is 0.719. The van der Waals surface area contributed by atoms with Gasteiger partial charge >= 0.3 is 0 Å². The third-order valence-corrected chi connectivity index (χ3v) is 4.07. The number of rotatable bonds is 7. The van der Waals surface area contributed by atoms with Crippen LogP contribution in [0, 0.1) is 0 Å². The molecule has 1 rings (SSSR count). The predicted octanol–water partition coefficient (Wildman–Crippen LogP) is 2.13. The Morgan fingerprint density at radius 1 is 1.24 bits per heavy atom. The van der Waals surface area contributed by atoms with Crippen LogP contribution in [0.1, 0.15) is 59.3 Å². The monoisotopic (exact) mass is 242 g/mol. The highest BCUT2D eigenvalue weighted by Crippen LogP contribution is 2.35. The molecule has 0 bridgehead atoms. The molecule has 1 saturated carbocycles. The summed E-state index contributed by atoms with van der Waals surface area (Å²) in [6.45, 7) is 8.83. The maximum atomic E-state index is 9.88. The highest BCUT2D eigenvalue weighted by Gasteiger charge is 2.38. The molecule has 102 valence electrons. The van der Waals surface area contributed by atoms with Crippen molar-refractivity contribution in [3.8, 4) is 0 Å². The van der Waals surface area contributed by atoms with Crippen LogP contribution in [0.2, 0.25) is 0 Å². The highest BCUT2D eigenvalue weighted by atomic mass is 16.3. The second kappa shape index (κ2) is 6.17. The van der Waals surface area contributed by atoms with Crippen LogP contribution in [0.3, 0.4) is 0 Å². The van der Waals surface area contributed by atoms with Crippen molar-refractivity contribution in [2.45, 2.75) is 70.4 Å². The average Bonchev–Trinajstić information content (AvgIpc) is 2.72. The summed E-state index contributed by atoms with van der Waals surface area (Å²) >= 11 is 0. The fourth-order valence-electron chi connectivity index (χ4n) is 2.95. The highest BCUT2D eigenvalue weighted by molar-refractivity contribution is 4.96. The minimum absolute atomic E-state index is 0.223. The van der Waals surface area contributed by atoms with Crippen LogP contribution >= 0.6 is 0 Å². The SMILES string of the molecule is CCCN(CCC(C)(C)O)C1(CN)CCCC1. The molecule has 0 radical (unpaired) electrons. The summed E-state index contributed by atoms with van der Waals surface area (Å²) in [6, 6.07) is 0. The molecule has 0 atom stereocenters. The van der Waals surface area contributed by atoms with Gasteiger partial charge in [0.1, 0.15) is 0 Å². The van der Waals surface area contributed by atoms with Gasteiger partial charge in [0.15, 0.2) is 0 Å². The zero-order chi connectivity index (χ0) is 12.9. The smallest absolute Gasteiger partial charge is 0.0603 e. The lowest BCUT2D eigenvalue weighted by Gasteiger charge is -2.41. The van der Waals surface area contributed by atoms with Crippen LogP contribution in [0.25, 0.3) is 0 Å². The van der Waals surface area contributed by atoms with E-state index in [-0.39, 0.29) is 5.54 Å². The molecule has 0 aromatic heterocycles. The normalized spacial score (nSPS) is 20.1. The van der Waals surface area contributed by atoms with Gasteiger partial charge in [-0.1, -0.05) is 19.8 Å². The van der Waals surface area contributed by atoms with Gasteiger partial charge < -0.3 is 10.8 Å². The van der Waals surface area contributed by atoms with Gasteiger partial charge in [0.2, 0.25) is 0 Å². The molecule has 0 heterocycles. The summed E-state index contributed by atoms with van der Waals surface area (Å²) in [5.74, 6) is 0. The van der Waals surface area contributed by atoms with Gasteiger partial charge in [-0.2, -0.15) is 0 Å². The van der Waals surface area contributed by atoms with Crippen molar-refractivity contribution >= 4 is 0 Å². The van der Waals surface area contributed by atoms with Crippen molar-refractivity contribution in [2.75, 3.05) is 19.6 Å². The van der Waals surface area contributed by atoms with E-state index < -0.39 is 5.60 Å². The first-order valence-electron chi connectivity index (χ1n) is 7.11. The average molecular weight is 242 g/mol. The minimum atomic E-state index is -0.569. The van der Waals surface area contributed by atoms with Crippen molar-refractivity contribution in [1.82, 2.24) is 4.90 Å². The molecule has 0 aromatic rings. The van der Waals surface area contributed by atoms with E-state index in [0.717, 1.165) is 32.5 Å². The van der Waals surface area contributed by atoms with E-state index in [1.807, 2.05) is 13.8 Å². The number of hydrogen-bond acceptors (Lipinski definition) is 3. The molecule has 3 heteroatoms. The summed E-state index contributed by atoms with van der Waals surface area (Å²) in [6.07, 6.45) is 7.06. The molecule has 3 N–H and O–H groups in total. The molecule has 0 aromatic carbocycles. The Morgan fingerprint density at radius 3 is 2.24 bits per heavy atom. The summed E-state index contributed by atoms with van der Waals surface area (Å²) in [5, 5.41) is 9.88. The first-order chi connectivity index (χ1) is 7.93. The molecular weight excluding hydrogens is 212 g/mol. The lowest BCUT2D eigenvalue weighted by atomic mass is 9.93. The Labute approximate surface area is 106 Å². The van der Waals surface area contributed by atoms with Crippen molar-refractivity contribution in [3.63, 3.8) is 0 Å². The van der Waals surface area contributed by atoms with Crippen LogP contribution < -0.4 is 5.73 Å². The fourth-order valence-corrected chi connectivity index (χ4v) is 2.95. The molecule has 0 saturated heterocycles. The van der Waals surface area contributed by atoms with Crippen molar-refractivity contribution in [3.05, 3.63) is 0 Å². The summed E-state index contributed by atoms with van der Waals surface area (Å²) in [7, 11) is 0. The van der Waals surface area contributed by atoms with Crippen LogP contribution in [-0.4, -0.2) is 40.8 Å². The molecule has 1 aliphatic carbocycles. The van der Waals surface area contributed by atoms with Gasteiger partial charge in [0.25, 0.3) is 0 Å². The molecule has 0 unspecified atom stereocenters. The third-order valence-electron chi connectivity index (χ3n) is 4.07. The molecule has 0 aliphatic heterocycles. The predicted molar refractivity (Wildman–Crippen MR) is 73.0 cm³/mol. The van der Waals surface area contributed by atoms with Crippen LogP contribution in [0.15, 0.2) is 0 Å². The second-order valence-corrected chi connectivity index (χ2v) is 6.19. The molecule has 3 nitrogen and oxygen atoms in total. The van der Waals surface area contributed by atoms with Gasteiger partial charge in [0.05, 0.1) is 5.60 Å². The lowest BCUT2D eigenvalue weighted by molar-refractivity contribution is 0.0308. The lowest BCUT2D eigenvalue weighted by Crippen LogP contribution is -2.53.